The molecule has 14 heavy (non-hydrogen) atoms. The van der Waals surface area contributed by atoms with E-state index in [9.17, 15) is 0 Å². The molecule has 0 saturated carbocycles. The molecule has 1 rings (SSSR count). The smallest absolute Gasteiger partial charge is 0.0410 e. The summed E-state index contributed by atoms with van der Waals surface area (Å²) >= 11 is 3.41. The molecule has 0 radical (unpaired) electrons. The molecule has 3 heteroatoms. The van der Waals surface area contributed by atoms with Gasteiger partial charge < -0.3 is 5.32 Å². The van der Waals surface area contributed by atoms with Gasteiger partial charge in [-0.2, -0.15) is 0 Å². The molecule has 1 atom stereocenters. The molecule has 1 heterocycles. The maximum atomic E-state index is 4.12. The van der Waals surface area contributed by atoms with E-state index in [2.05, 4.69) is 46.1 Å². The van der Waals surface area contributed by atoms with Crippen LogP contribution in [0.3, 0.4) is 0 Å². The topological polar surface area (TPSA) is 24.9 Å². The third-order valence-corrected chi connectivity index (χ3v) is 2.71. The van der Waals surface area contributed by atoms with Gasteiger partial charge in [-0.1, -0.05) is 20.3 Å². The van der Waals surface area contributed by atoms with Crippen LogP contribution in [0.25, 0.3) is 0 Å². The van der Waals surface area contributed by atoms with Crippen molar-refractivity contribution in [3.05, 3.63) is 28.5 Å². The second-order valence-electron chi connectivity index (χ2n) is 3.66. The van der Waals surface area contributed by atoms with Crippen LogP contribution in [0.2, 0.25) is 0 Å². The molecule has 0 aromatic carbocycles. The first-order valence-electron chi connectivity index (χ1n) is 5.02. The minimum atomic E-state index is 0.745. The Balaban J connectivity index is 2.31. The SMILES string of the molecule is CCC(C)CNCc1cncc(Br)c1. The normalized spacial score (nSPS) is 12.8. The van der Waals surface area contributed by atoms with E-state index in [4.69, 9.17) is 0 Å². The quantitative estimate of drug-likeness (QED) is 0.877. The van der Waals surface area contributed by atoms with E-state index in [1.54, 1.807) is 6.20 Å². The third-order valence-electron chi connectivity index (χ3n) is 2.28. The van der Waals surface area contributed by atoms with Crippen LogP contribution < -0.4 is 5.32 Å². The van der Waals surface area contributed by atoms with E-state index in [1.807, 2.05) is 6.20 Å². The molecule has 0 bridgehead atoms. The number of hydrogen-bond acceptors (Lipinski definition) is 2. The highest BCUT2D eigenvalue weighted by Gasteiger charge is 1.98. The monoisotopic (exact) mass is 256 g/mol. The first-order valence-corrected chi connectivity index (χ1v) is 5.81. The molecule has 1 aromatic rings. The van der Waals surface area contributed by atoms with Crippen LogP contribution in [0, 0.1) is 5.92 Å². The molecular weight excluding hydrogens is 240 g/mol. The zero-order chi connectivity index (χ0) is 10.4. The van der Waals surface area contributed by atoms with Crippen LogP contribution in [0.1, 0.15) is 25.8 Å². The third kappa shape index (κ3) is 4.20. The lowest BCUT2D eigenvalue weighted by Crippen LogP contribution is -2.20. The Morgan fingerprint density at radius 3 is 2.93 bits per heavy atom. The van der Waals surface area contributed by atoms with Crippen molar-refractivity contribution in [1.29, 1.82) is 0 Å². The Labute approximate surface area is 94.3 Å². The fourth-order valence-corrected chi connectivity index (χ4v) is 1.57. The van der Waals surface area contributed by atoms with Crippen molar-refractivity contribution in [2.24, 2.45) is 5.92 Å². The summed E-state index contributed by atoms with van der Waals surface area (Å²) in [5, 5.41) is 3.42. The number of halogens is 1. The Hall–Kier alpha value is -0.410. The molecule has 1 unspecified atom stereocenters. The number of rotatable bonds is 5. The van der Waals surface area contributed by atoms with Gasteiger partial charge in [-0.25, -0.2) is 0 Å². The highest BCUT2D eigenvalue weighted by molar-refractivity contribution is 9.10. The van der Waals surface area contributed by atoms with Gasteiger partial charge in [0.25, 0.3) is 0 Å². The Morgan fingerprint density at radius 2 is 2.29 bits per heavy atom. The second kappa shape index (κ2) is 6.14. The van der Waals surface area contributed by atoms with Crippen molar-refractivity contribution in [3.63, 3.8) is 0 Å². The summed E-state index contributed by atoms with van der Waals surface area (Å²) in [6.45, 7) is 6.44. The zero-order valence-corrected chi connectivity index (χ0v) is 10.3. The minimum absolute atomic E-state index is 0.745. The lowest BCUT2D eigenvalue weighted by atomic mass is 10.1. The molecule has 78 valence electrons. The molecule has 0 spiro atoms. The molecule has 2 nitrogen and oxygen atoms in total. The van der Waals surface area contributed by atoms with Crippen molar-refractivity contribution in [2.75, 3.05) is 6.54 Å². The zero-order valence-electron chi connectivity index (χ0n) is 8.76. The molecule has 1 N–H and O–H groups in total. The Bertz CT molecular complexity index is 276. The summed E-state index contributed by atoms with van der Waals surface area (Å²) in [5.41, 5.74) is 1.22. The van der Waals surface area contributed by atoms with Crippen molar-refractivity contribution < 1.29 is 0 Å². The summed E-state index contributed by atoms with van der Waals surface area (Å²) in [4.78, 5) is 4.12. The van der Waals surface area contributed by atoms with E-state index < -0.39 is 0 Å². The standard InChI is InChI=1S/C11H17BrN2/c1-3-9(2)5-13-6-10-4-11(12)8-14-7-10/h4,7-9,13H,3,5-6H2,1-2H3. The molecular formula is C11H17BrN2. The van der Waals surface area contributed by atoms with E-state index in [0.29, 0.717) is 0 Å². The van der Waals surface area contributed by atoms with Gasteiger partial charge in [0.1, 0.15) is 0 Å². The van der Waals surface area contributed by atoms with Crippen LogP contribution >= 0.6 is 15.9 Å². The predicted octanol–water partition coefficient (Wildman–Crippen LogP) is 2.98. The number of aromatic nitrogens is 1. The summed E-state index contributed by atoms with van der Waals surface area (Å²) in [5.74, 6) is 0.745. The molecule has 0 aliphatic rings. The average molecular weight is 257 g/mol. The summed E-state index contributed by atoms with van der Waals surface area (Å²) in [7, 11) is 0. The lowest BCUT2D eigenvalue weighted by molar-refractivity contribution is 0.499. The average Bonchev–Trinajstić information content (AvgIpc) is 2.17. The number of nitrogens with zero attached hydrogens (tertiary/aromatic N) is 1. The van der Waals surface area contributed by atoms with Gasteiger partial charge in [-0.05, 0) is 40.0 Å². The van der Waals surface area contributed by atoms with Crippen molar-refractivity contribution in [2.45, 2.75) is 26.8 Å². The maximum absolute atomic E-state index is 4.12. The Kier molecular flexibility index (Phi) is 5.12. The van der Waals surface area contributed by atoms with E-state index in [1.165, 1.54) is 12.0 Å². The lowest BCUT2D eigenvalue weighted by Gasteiger charge is -2.09. The highest BCUT2D eigenvalue weighted by atomic mass is 79.9. The molecule has 0 aliphatic heterocycles. The molecule has 1 aromatic heterocycles. The van der Waals surface area contributed by atoms with Crippen molar-refractivity contribution >= 4 is 15.9 Å². The van der Waals surface area contributed by atoms with Crippen LogP contribution in [0.4, 0.5) is 0 Å². The van der Waals surface area contributed by atoms with Crippen molar-refractivity contribution in [1.82, 2.24) is 10.3 Å². The first-order chi connectivity index (χ1) is 6.72. The van der Waals surface area contributed by atoms with E-state index in [-0.39, 0.29) is 0 Å². The van der Waals surface area contributed by atoms with Crippen LogP contribution in [-0.2, 0) is 6.54 Å². The van der Waals surface area contributed by atoms with Gasteiger partial charge in [0.2, 0.25) is 0 Å². The number of pyridine rings is 1. The fourth-order valence-electron chi connectivity index (χ4n) is 1.16. The highest BCUT2D eigenvalue weighted by Crippen LogP contribution is 2.09. The number of nitrogens with one attached hydrogen (secondary N) is 1. The van der Waals surface area contributed by atoms with Gasteiger partial charge in [-0.3, -0.25) is 4.98 Å². The Morgan fingerprint density at radius 1 is 1.50 bits per heavy atom. The molecule has 0 fully saturated rings. The molecule has 0 saturated heterocycles. The van der Waals surface area contributed by atoms with Crippen molar-refractivity contribution in [3.8, 4) is 0 Å². The van der Waals surface area contributed by atoms with Gasteiger partial charge in [-0.15, -0.1) is 0 Å². The summed E-state index contributed by atoms with van der Waals surface area (Å²) in [6, 6.07) is 2.09. The molecule has 0 aliphatic carbocycles. The van der Waals surface area contributed by atoms with E-state index in [0.717, 1.165) is 23.5 Å². The van der Waals surface area contributed by atoms with E-state index >= 15 is 0 Å². The van der Waals surface area contributed by atoms with Crippen LogP contribution in [0.5, 0.6) is 0 Å². The van der Waals surface area contributed by atoms with Crippen LogP contribution in [-0.4, -0.2) is 11.5 Å². The van der Waals surface area contributed by atoms with Crippen LogP contribution in [0.15, 0.2) is 22.9 Å². The predicted molar refractivity (Wildman–Crippen MR) is 63.1 cm³/mol. The minimum Gasteiger partial charge on any atom is -0.312 e. The fraction of sp³-hybridized carbons (Fsp3) is 0.545. The second-order valence-corrected chi connectivity index (χ2v) is 4.57. The first kappa shape index (κ1) is 11.7. The maximum Gasteiger partial charge on any atom is 0.0410 e. The largest absolute Gasteiger partial charge is 0.312 e. The number of hydrogen-bond donors (Lipinski definition) is 1. The van der Waals surface area contributed by atoms with Gasteiger partial charge >= 0.3 is 0 Å². The van der Waals surface area contributed by atoms with Gasteiger partial charge in [0.05, 0.1) is 0 Å². The summed E-state index contributed by atoms with van der Waals surface area (Å²) in [6.07, 6.45) is 4.93. The molecule has 0 amide bonds. The van der Waals surface area contributed by atoms with Gasteiger partial charge in [0.15, 0.2) is 0 Å². The summed E-state index contributed by atoms with van der Waals surface area (Å²) < 4.78 is 1.04. The van der Waals surface area contributed by atoms with Gasteiger partial charge in [0, 0.05) is 23.4 Å².